The van der Waals surface area contributed by atoms with Crippen LogP contribution in [0.5, 0.6) is 5.75 Å². The van der Waals surface area contributed by atoms with E-state index in [1.807, 2.05) is 0 Å². The van der Waals surface area contributed by atoms with Gasteiger partial charge in [-0.25, -0.2) is 0 Å². The maximum Gasteiger partial charge on any atom is 0.283 e. The highest BCUT2D eigenvalue weighted by molar-refractivity contribution is 9.10. The topological polar surface area (TPSA) is 92.5 Å². The van der Waals surface area contributed by atoms with Gasteiger partial charge in [0.1, 0.15) is 11.3 Å². The lowest BCUT2D eigenvalue weighted by Crippen LogP contribution is -2.23. The number of nitro groups is 1. The maximum atomic E-state index is 12.1. The fraction of sp³-hybridized carbons (Fsp3) is 0.0714. The van der Waals surface area contributed by atoms with Crippen molar-refractivity contribution in [2.24, 2.45) is 0 Å². The average Bonchev–Trinajstić information content (AvgIpc) is 2.48. The van der Waals surface area contributed by atoms with E-state index in [-0.39, 0.29) is 22.3 Å². The molecule has 0 aliphatic heterocycles. The number of nitrogens with zero attached hydrogens (tertiary/aromatic N) is 1. The van der Waals surface area contributed by atoms with Gasteiger partial charge < -0.3 is 10.4 Å². The molecule has 114 valence electrons. The Hall–Kier alpha value is -2.12. The Morgan fingerprint density at radius 1 is 1.32 bits per heavy atom. The number of nitrogens with one attached hydrogen (secondary N) is 1. The highest BCUT2D eigenvalue weighted by Gasteiger charge is 2.22. The van der Waals surface area contributed by atoms with Crippen LogP contribution in [0.15, 0.2) is 40.9 Å². The number of rotatable bonds is 4. The Labute approximate surface area is 139 Å². The molecule has 0 unspecified atom stereocenters. The predicted octanol–water partition coefficient (Wildman–Crippen LogP) is 3.65. The van der Waals surface area contributed by atoms with Crippen LogP contribution in [0.25, 0.3) is 0 Å². The molecule has 0 heterocycles. The second-order valence-corrected chi connectivity index (χ2v) is 5.68. The van der Waals surface area contributed by atoms with E-state index in [1.54, 1.807) is 24.3 Å². The summed E-state index contributed by atoms with van der Waals surface area (Å²) < 4.78 is 0.147. The molecule has 0 saturated heterocycles. The molecule has 6 nitrogen and oxygen atoms in total. The van der Waals surface area contributed by atoms with Crippen LogP contribution in [0.1, 0.15) is 15.9 Å². The van der Waals surface area contributed by atoms with Crippen LogP contribution >= 0.6 is 27.5 Å². The third kappa shape index (κ3) is 3.75. The molecule has 2 aromatic rings. The summed E-state index contributed by atoms with van der Waals surface area (Å²) in [5.74, 6) is -0.897. The normalized spacial score (nSPS) is 10.3. The van der Waals surface area contributed by atoms with E-state index in [2.05, 4.69) is 21.2 Å². The van der Waals surface area contributed by atoms with Crippen LogP contribution in [0.3, 0.4) is 0 Å². The molecule has 0 aliphatic rings. The Morgan fingerprint density at radius 3 is 2.55 bits per heavy atom. The second kappa shape index (κ2) is 6.76. The molecule has 0 atom stereocenters. The molecule has 2 aromatic carbocycles. The molecule has 1 amide bonds. The van der Waals surface area contributed by atoms with Gasteiger partial charge in [-0.05, 0) is 33.6 Å². The minimum absolute atomic E-state index is 0.147. The van der Waals surface area contributed by atoms with Gasteiger partial charge in [0.2, 0.25) is 0 Å². The van der Waals surface area contributed by atoms with E-state index in [0.717, 1.165) is 17.7 Å². The molecule has 2 N–H and O–H groups in total. The smallest absolute Gasteiger partial charge is 0.283 e. The fourth-order valence-corrected chi connectivity index (χ4v) is 2.22. The van der Waals surface area contributed by atoms with E-state index in [4.69, 9.17) is 11.6 Å². The molecular weight excluding hydrogens is 376 g/mol. The van der Waals surface area contributed by atoms with Crippen molar-refractivity contribution in [1.82, 2.24) is 5.32 Å². The largest absolute Gasteiger partial charge is 0.507 e. The van der Waals surface area contributed by atoms with Crippen LogP contribution in [0.2, 0.25) is 5.02 Å². The summed E-state index contributed by atoms with van der Waals surface area (Å²) in [6, 6.07) is 8.96. The van der Waals surface area contributed by atoms with Gasteiger partial charge in [0.25, 0.3) is 11.6 Å². The van der Waals surface area contributed by atoms with Crippen molar-refractivity contribution in [2.45, 2.75) is 6.54 Å². The first-order chi connectivity index (χ1) is 10.4. The molecule has 2 rings (SSSR count). The number of hydrogen-bond donors (Lipinski definition) is 2. The molecule has 0 aliphatic carbocycles. The Kier molecular flexibility index (Phi) is 4.99. The van der Waals surface area contributed by atoms with Crippen molar-refractivity contribution in [3.05, 3.63) is 67.1 Å². The van der Waals surface area contributed by atoms with Crippen molar-refractivity contribution in [2.75, 3.05) is 0 Å². The van der Waals surface area contributed by atoms with Crippen LogP contribution < -0.4 is 5.32 Å². The standard InChI is InChI=1S/C14H10BrClN2O4/c15-11-6-12(18(21)22)10(5-13(11)19)14(20)17-7-8-1-3-9(16)4-2-8/h1-6,19H,7H2,(H,17,20). The molecule has 8 heteroatoms. The molecule has 0 fully saturated rings. The second-order valence-electron chi connectivity index (χ2n) is 4.39. The zero-order valence-corrected chi connectivity index (χ0v) is 13.4. The summed E-state index contributed by atoms with van der Waals surface area (Å²) in [5.41, 5.74) is 0.194. The summed E-state index contributed by atoms with van der Waals surface area (Å²) in [7, 11) is 0. The zero-order valence-electron chi connectivity index (χ0n) is 11.0. The summed E-state index contributed by atoms with van der Waals surface area (Å²) in [4.78, 5) is 22.4. The number of phenols is 1. The number of phenolic OH excluding ortho intramolecular Hbond substituents is 1. The molecule has 0 aromatic heterocycles. The minimum Gasteiger partial charge on any atom is -0.507 e. The summed E-state index contributed by atoms with van der Waals surface area (Å²) in [5, 5.41) is 23.8. The zero-order chi connectivity index (χ0) is 16.3. The highest BCUT2D eigenvalue weighted by atomic mass is 79.9. The van der Waals surface area contributed by atoms with Gasteiger partial charge in [0.15, 0.2) is 0 Å². The number of carbonyl (C=O) groups excluding carboxylic acids is 1. The quantitative estimate of drug-likeness (QED) is 0.621. The lowest BCUT2D eigenvalue weighted by Gasteiger charge is -2.07. The number of halogens is 2. The minimum atomic E-state index is -0.679. The number of aromatic hydroxyl groups is 1. The molecular formula is C14H10BrClN2O4. The first kappa shape index (κ1) is 16.3. The molecule has 0 spiro atoms. The first-order valence-corrected chi connectivity index (χ1v) is 7.25. The van der Waals surface area contributed by atoms with Crippen LogP contribution in [0, 0.1) is 10.1 Å². The van der Waals surface area contributed by atoms with Gasteiger partial charge in [-0.15, -0.1) is 0 Å². The fourth-order valence-electron chi connectivity index (χ4n) is 1.76. The van der Waals surface area contributed by atoms with Gasteiger partial charge in [-0.3, -0.25) is 14.9 Å². The summed E-state index contributed by atoms with van der Waals surface area (Å²) in [6.45, 7) is 0.185. The molecule has 0 bridgehead atoms. The number of hydrogen-bond acceptors (Lipinski definition) is 4. The van der Waals surface area contributed by atoms with Crippen LogP contribution in [0.4, 0.5) is 5.69 Å². The van der Waals surface area contributed by atoms with E-state index in [9.17, 15) is 20.0 Å². The van der Waals surface area contributed by atoms with E-state index >= 15 is 0 Å². The van der Waals surface area contributed by atoms with Crippen molar-refractivity contribution >= 4 is 39.1 Å². The monoisotopic (exact) mass is 384 g/mol. The third-order valence-corrected chi connectivity index (χ3v) is 3.76. The van der Waals surface area contributed by atoms with Crippen LogP contribution in [-0.4, -0.2) is 15.9 Å². The lowest BCUT2D eigenvalue weighted by atomic mass is 10.1. The van der Waals surface area contributed by atoms with E-state index in [1.165, 1.54) is 0 Å². The van der Waals surface area contributed by atoms with Gasteiger partial charge in [0, 0.05) is 23.7 Å². The molecule has 22 heavy (non-hydrogen) atoms. The highest BCUT2D eigenvalue weighted by Crippen LogP contribution is 2.31. The number of carbonyl (C=O) groups is 1. The van der Waals surface area contributed by atoms with Crippen molar-refractivity contribution in [1.29, 1.82) is 0 Å². The third-order valence-electron chi connectivity index (χ3n) is 2.87. The first-order valence-electron chi connectivity index (χ1n) is 6.08. The number of amides is 1. The number of nitro benzene ring substituents is 1. The lowest BCUT2D eigenvalue weighted by molar-refractivity contribution is -0.385. The maximum absolute atomic E-state index is 12.1. The van der Waals surface area contributed by atoms with E-state index in [0.29, 0.717) is 5.02 Å². The van der Waals surface area contributed by atoms with Gasteiger partial charge in [-0.2, -0.15) is 0 Å². The summed E-state index contributed by atoms with van der Waals surface area (Å²) in [6.07, 6.45) is 0. The SMILES string of the molecule is O=C(NCc1ccc(Cl)cc1)c1cc(O)c(Br)cc1[N+](=O)[O-]. The summed E-state index contributed by atoms with van der Waals surface area (Å²) >= 11 is 8.75. The molecule has 0 saturated carbocycles. The predicted molar refractivity (Wildman–Crippen MR) is 85.1 cm³/mol. The average molecular weight is 386 g/mol. The number of benzene rings is 2. The Balaban J connectivity index is 2.20. The van der Waals surface area contributed by atoms with Crippen molar-refractivity contribution in [3.8, 4) is 5.75 Å². The van der Waals surface area contributed by atoms with Gasteiger partial charge >= 0.3 is 0 Å². The Bertz CT molecular complexity index is 734. The van der Waals surface area contributed by atoms with Crippen LogP contribution in [-0.2, 0) is 6.54 Å². The van der Waals surface area contributed by atoms with Gasteiger partial charge in [0.05, 0.1) is 9.40 Å². The molecule has 0 radical (unpaired) electrons. The Morgan fingerprint density at radius 2 is 1.95 bits per heavy atom. The van der Waals surface area contributed by atoms with E-state index < -0.39 is 16.5 Å². The van der Waals surface area contributed by atoms with Crippen molar-refractivity contribution < 1.29 is 14.8 Å². The van der Waals surface area contributed by atoms with Crippen molar-refractivity contribution in [3.63, 3.8) is 0 Å². The van der Waals surface area contributed by atoms with Gasteiger partial charge in [-0.1, -0.05) is 23.7 Å².